The molecule has 5 heteroatoms. The number of aromatic amines is 1. The van der Waals surface area contributed by atoms with Gasteiger partial charge in [-0.2, -0.15) is 5.10 Å². The Labute approximate surface area is 122 Å². The van der Waals surface area contributed by atoms with Crippen LogP contribution in [0.2, 0.25) is 0 Å². The fourth-order valence-corrected chi connectivity index (χ4v) is 2.35. The average Bonchev–Trinajstić information content (AvgIpc) is 3.08. The number of H-pyrrole nitrogens is 1. The van der Waals surface area contributed by atoms with Crippen molar-refractivity contribution in [2.75, 3.05) is 7.05 Å². The van der Waals surface area contributed by atoms with Gasteiger partial charge in [-0.3, -0.25) is 9.89 Å². The van der Waals surface area contributed by atoms with Crippen LogP contribution in [0.25, 0.3) is 11.0 Å². The lowest BCUT2D eigenvalue weighted by Gasteiger charge is -2.15. The van der Waals surface area contributed by atoms with Crippen LogP contribution in [0.4, 0.5) is 0 Å². The van der Waals surface area contributed by atoms with Crippen LogP contribution in [0.1, 0.15) is 16.7 Å². The number of rotatable bonds is 4. The van der Waals surface area contributed by atoms with Crippen molar-refractivity contribution in [2.24, 2.45) is 0 Å². The highest BCUT2D eigenvalue weighted by Gasteiger charge is 2.14. The van der Waals surface area contributed by atoms with E-state index in [-0.39, 0.29) is 5.91 Å². The Kier molecular flexibility index (Phi) is 3.48. The van der Waals surface area contributed by atoms with Crippen LogP contribution < -0.4 is 0 Å². The Balaban J connectivity index is 1.74. The number of nitrogens with one attached hydrogen (secondary N) is 1. The molecule has 1 amide bonds. The van der Waals surface area contributed by atoms with Crippen molar-refractivity contribution < 1.29 is 9.21 Å². The van der Waals surface area contributed by atoms with Gasteiger partial charge in [-0.15, -0.1) is 0 Å². The van der Waals surface area contributed by atoms with Crippen LogP contribution in [0.15, 0.2) is 41.3 Å². The SMILES string of the molecule is Cc1ccc2c(CC(=O)N(C)Cc3cn[nH]c3)coc2c1. The predicted octanol–water partition coefficient (Wildman–Crippen LogP) is 2.67. The van der Waals surface area contributed by atoms with Gasteiger partial charge in [-0.05, 0) is 18.6 Å². The van der Waals surface area contributed by atoms with Gasteiger partial charge in [0.1, 0.15) is 5.58 Å². The molecule has 0 aliphatic heterocycles. The Morgan fingerprint density at radius 1 is 1.43 bits per heavy atom. The zero-order chi connectivity index (χ0) is 14.8. The van der Waals surface area contributed by atoms with Crippen molar-refractivity contribution in [2.45, 2.75) is 19.9 Å². The lowest BCUT2D eigenvalue weighted by molar-refractivity contribution is -0.129. The summed E-state index contributed by atoms with van der Waals surface area (Å²) in [5, 5.41) is 7.63. The zero-order valence-corrected chi connectivity index (χ0v) is 12.1. The summed E-state index contributed by atoms with van der Waals surface area (Å²) in [6.45, 7) is 2.57. The van der Waals surface area contributed by atoms with Crippen molar-refractivity contribution in [3.05, 3.63) is 53.5 Å². The molecule has 0 unspecified atom stereocenters. The molecule has 0 aliphatic carbocycles. The van der Waals surface area contributed by atoms with Crippen LogP contribution >= 0.6 is 0 Å². The normalized spacial score (nSPS) is 11.0. The smallest absolute Gasteiger partial charge is 0.227 e. The van der Waals surface area contributed by atoms with E-state index in [1.54, 1.807) is 30.6 Å². The minimum atomic E-state index is 0.0551. The summed E-state index contributed by atoms with van der Waals surface area (Å²) in [6, 6.07) is 6.02. The molecule has 3 aromatic rings. The summed E-state index contributed by atoms with van der Waals surface area (Å²) in [5.41, 5.74) is 3.88. The average molecular weight is 283 g/mol. The molecule has 0 saturated carbocycles. The Bertz CT molecular complexity index is 759. The molecule has 0 aliphatic rings. The van der Waals surface area contributed by atoms with Crippen LogP contribution in [0.3, 0.4) is 0 Å². The number of furan rings is 1. The van der Waals surface area contributed by atoms with Crippen molar-refractivity contribution in [3.63, 3.8) is 0 Å². The monoisotopic (exact) mass is 283 g/mol. The fourth-order valence-electron chi connectivity index (χ4n) is 2.35. The first-order valence-corrected chi connectivity index (χ1v) is 6.82. The second kappa shape index (κ2) is 5.44. The van der Waals surface area contributed by atoms with E-state index in [4.69, 9.17) is 4.42 Å². The Morgan fingerprint density at radius 2 is 2.29 bits per heavy atom. The van der Waals surface area contributed by atoms with Crippen LogP contribution in [0, 0.1) is 6.92 Å². The third kappa shape index (κ3) is 2.81. The molecule has 0 spiro atoms. The van der Waals surface area contributed by atoms with E-state index >= 15 is 0 Å². The van der Waals surface area contributed by atoms with Crippen LogP contribution in [0.5, 0.6) is 0 Å². The number of nitrogens with zero attached hydrogens (tertiary/aromatic N) is 2. The van der Waals surface area contributed by atoms with E-state index in [1.165, 1.54) is 0 Å². The number of amides is 1. The van der Waals surface area contributed by atoms with E-state index in [0.717, 1.165) is 27.7 Å². The van der Waals surface area contributed by atoms with Crippen molar-refractivity contribution in [3.8, 4) is 0 Å². The van der Waals surface area contributed by atoms with Crippen LogP contribution in [-0.4, -0.2) is 28.1 Å². The molecule has 0 saturated heterocycles. The van der Waals surface area contributed by atoms with Crippen LogP contribution in [-0.2, 0) is 17.8 Å². The van der Waals surface area contributed by atoms with Gasteiger partial charge in [0.2, 0.25) is 5.91 Å². The molecule has 1 aromatic carbocycles. The molecule has 0 bridgehead atoms. The minimum Gasteiger partial charge on any atom is -0.464 e. The summed E-state index contributed by atoms with van der Waals surface area (Å²) in [4.78, 5) is 14.0. The molecule has 21 heavy (non-hydrogen) atoms. The molecular weight excluding hydrogens is 266 g/mol. The molecule has 2 aromatic heterocycles. The fraction of sp³-hybridized carbons (Fsp3) is 0.250. The minimum absolute atomic E-state index is 0.0551. The first kappa shape index (κ1) is 13.4. The van der Waals surface area contributed by atoms with Crippen molar-refractivity contribution in [1.29, 1.82) is 0 Å². The number of carbonyl (C=O) groups is 1. The second-order valence-corrected chi connectivity index (χ2v) is 5.29. The van der Waals surface area contributed by atoms with Crippen molar-refractivity contribution >= 4 is 16.9 Å². The van der Waals surface area contributed by atoms with E-state index in [2.05, 4.69) is 10.2 Å². The molecule has 5 nitrogen and oxygen atoms in total. The van der Waals surface area contributed by atoms with E-state index in [1.807, 2.05) is 25.1 Å². The first-order chi connectivity index (χ1) is 10.1. The number of carbonyl (C=O) groups excluding carboxylic acids is 1. The van der Waals surface area contributed by atoms with E-state index in [9.17, 15) is 4.79 Å². The number of hydrogen-bond acceptors (Lipinski definition) is 3. The molecule has 1 N–H and O–H groups in total. The van der Waals surface area contributed by atoms with E-state index < -0.39 is 0 Å². The summed E-state index contributed by atoms with van der Waals surface area (Å²) < 4.78 is 5.53. The third-order valence-electron chi connectivity index (χ3n) is 3.55. The standard InChI is InChI=1S/C16H17N3O2/c1-11-3-4-14-13(10-21-15(14)5-11)6-16(20)19(2)9-12-7-17-18-8-12/h3-5,7-8,10H,6,9H2,1-2H3,(H,17,18). The maximum Gasteiger partial charge on any atom is 0.227 e. The molecule has 108 valence electrons. The number of benzene rings is 1. The Morgan fingerprint density at radius 3 is 3.05 bits per heavy atom. The molecule has 3 rings (SSSR count). The lowest BCUT2D eigenvalue weighted by atomic mass is 10.1. The summed E-state index contributed by atoms with van der Waals surface area (Å²) >= 11 is 0. The molecule has 0 radical (unpaired) electrons. The van der Waals surface area contributed by atoms with Gasteiger partial charge < -0.3 is 9.32 Å². The van der Waals surface area contributed by atoms with Gasteiger partial charge in [0.05, 0.1) is 18.9 Å². The number of likely N-dealkylation sites (N-methyl/N-ethyl adjacent to an activating group) is 1. The van der Waals surface area contributed by atoms with Gasteiger partial charge in [0.15, 0.2) is 0 Å². The summed E-state index contributed by atoms with van der Waals surface area (Å²) in [7, 11) is 1.79. The topological polar surface area (TPSA) is 62.1 Å². The third-order valence-corrected chi connectivity index (χ3v) is 3.55. The van der Waals surface area contributed by atoms with Crippen molar-refractivity contribution in [1.82, 2.24) is 15.1 Å². The zero-order valence-electron chi connectivity index (χ0n) is 12.1. The summed E-state index contributed by atoms with van der Waals surface area (Å²) in [6.07, 6.45) is 5.53. The molecule has 2 heterocycles. The highest BCUT2D eigenvalue weighted by molar-refractivity contribution is 5.87. The summed E-state index contributed by atoms with van der Waals surface area (Å²) in [5.74, 6) is 0.0551. The highest BCUT2D eigenvalue weighted by Crippen LogP contribution is 2.23. The highest BCUT2D eigenvalue weighted by atomic mass is 16.3. The molecular formula is C16H17N3O2. The number of aromatic nitrogens is 2. The predicted molar refractivity (Wildman–Crippen MR) is 79.7 cm³/mol. The quantitative estimate of drug-likeness (QED) is 0.800. The van der Waals surface area contributed by atoms with Gasteiger partial charge in [0, 0.05) is 36.3 Å². The number of aryl methyl sites for hydroxylation is 1. The number of fused-ring (bicyclic) bond motifs is 1. The van der Waals surface area contributed by atoms with E-state index in [0.29, 0.717) is 13.0 Å². The second-order valence-electron chi connectivity index (χ2n) is 5.29. The van der Waals surface area contributed by atoms with Gasteiger partial charge in [-0.1, -0.05) is 12.1 Å². The lowest BCUT2D eigenvalue weighted by Crippen LogP contribution is -2.27. The van der Waals surface area contributed by atoms with Gasteiger partial charge >= 0.3 is 0 Å². The van der Waals surface area contributed by atoms with Gasteiger partial charge in [-0.25, -0.2) is 0 Å². The molecule has 0 fully saturated rings. The van der Waals surface area contributed by atoms with Gasteiger partial charge in [0.25, 0.3) is 0 Å². The largest absolute Gasteiger partial charge is 0.464 e. The maximum atomic E-state index is 12.3. The Hall–Kier alpha value is -2.56. The maximum absolute atomic E-state index is 12.3. The molecule has 0 atom stereocenters. The first-order valence-electron chi connectivity index (χ1n) is 6.82. The number of hydrogen-bond donors (Lipinski definition) is 1.